The van der Waals surface area contributed by atoms with Crippen LogP contribution in [0.1, 0.15) is 121 Å². The lowest BCUT2D eigenvalue weighted by Crippen LogP contribution is -2.61. The summed E-state index contributed by atoms with van der Waals surface area (Å²) in [7, 11) is 3.41. The monoisotopic (exact) mass is 1090 g/mol. The molecule has 0 spiro atoms. The molecule has 422 valence electrons. The topological polar surface area (TPSA) is 205 Å². The van der Waals surface area contributed by atoms with E-state index in [1.54, 1.807) is 37.7 Å². The van der Waals surface area contributed by atoms with Gasteiger partial charge in [-0.25, -0.2) is 4.98 Å². The van der Waals surface area contributed by atoms with Crippen LogP contribution in [-0.4, -0.2) is 153 Å². The van der Waals surface area contributed by atoms with Crippen molar-refractivity contribution in [1.82, 2.24) is 50.8 Å². The second-order valence-electron chi connectivity index (χ2n) is 22.6. The maximum Gasteiger partial charge on any atom is 0.247 e. The number of aromatic amines is 1. The summed E-state index contributed by atoms with van der Waals surface area (Å²) in [5.74, 6) is -0.264. The lowest BCUT2D eigenvalue weighted by Gasteiger charge is -2.39. The standard InChI is InChI=1S/C63H79N11O6/c1-40(64-3)60(77)68-52-38-71(35-33-44-29-31-54(73(44)62(52)79)51-37-48-46(23-17-25-49(48)66-51)42-19-11-9-12-20-42)56(75)27-15-7-5-6-8-16-28-57(76)72-36-34-45-30-32-55(74(45)63(80)53(39-72)69-61(78)41(2)65-4)59-67-50-26-18-24-47(58(50)70-59)43-21-13-10-14-22-43/h9-14,17-26,40-41,44-45,52-55,64-65H,5-8,15-16,27-39H2,1-4H3,(H,67,70)(H,68,77)(H,69,78)/t40-,41-,44+,45+,52-,53-,54-,55-/m0/s1. The number of carbonyl (C=O) groups is 6. The van der Waals surface area contributed by atoms with Crippen LogP contribution >= 0.6 is 0 Å². The van der Waals surface area contributed by atoms with E-state index in [0.29, 0.717) is 64.5 Å². The second kappa shape index (κ2) is 25.5. The molecule has 5 aromatic rings. The number of aromatic nitrogens is 2. The maximum atomic E-state index is 14.8. The summed E-state index contributed by atoms with van der Waals surface area (Å²) >= 11 is 0. The van der Waals surface area contributed by atoms with Gasteiger partial charge in [-0.2, -0.15) is 0 Å². The highest BCUT2D eigenvalue weighted by atomic mass is 16.2. The van der Waals surface area contributed by atoms with Crippen molar-refractivity contribution < 1.29 is 28.8 Å². The van der Waals surface area contributed by atoms with E-state index >= 15 is 0 Å². The van der Waals surface area contributed by atoms with Gasteiger partial charge < -0.3 is 45.9 Å². The first kappa shape index (κ1) is 56.1. The molecule has 6 amide bonds. The molecule has 17 nitrogen and oxygen atoms in total. The number of nitrogens with zero attached hydrogens (tertiary/aromatic N) is 6. The lowest BCUT2D eigenvalue weighted by atomic mass is 9.94. The smallest absolute Gasteiger partial charge is 0.247 e. The number of fused-ring (bicyclic) bond motifs is 4. The first-order valence-electron chi connectivity index (χ1n) is 29.3. The third-order valence-corrected chi connectivity index (χ3v) is 17.6. The molecule has 0 radical (unpaired) electrons. The molecular weight excluding hydrogens is 1010 g/mol. The van der Waals surface area contributed by atoms with Crippen LogP contribution in [0.4, 0.5) is 5.69 Å². The van der Waals surface area contributed by atoms with Crippen molar-refractivity contribution in [3.63, 3.8) is 0 Å². The number of likely N-dealkylation sites (N-methyl/N-ethyl adjacent to an activating group) is 2. The van der Waals surface area contributed by atoms with Crippen LogP contribution in [0.3, 0.4) is 0 Å². The average molecular weight is 1090 g/mol. The first-order valence-corrected chi connectivity index (χ1v) is 29.3. The van der Waals surface area contributed by atoms with Crippen LogP contribution in [-0.2, 0) is 35.2 Å². The van der Waals surface area contributed by atoms with Crippen molar-refractivity contribution in [2.45, 2.75) is 158 Å². The summed E-state index contributed by atoms with van der Waals surface area (Å²) < 4.78 is 0. The average Bonchev–Trinajstić information content (AvgIpc) is 4.40. The van der Waals surface area contributed by atoms with Gasteiger partial charge in [0, 0.05) is 68.8 Å². The van der Waals surface area contributed by atoms with Crippen LogP contribution < -0.4 is 21.3 Å². The predicted octanol–water partition coefficient (Wildman–Crippen LogP) is 7.39. The number of hydrogen-bond donors (Lipinski definition) is 5. The van der Waals surface area contributed by atoms with Gasteiger partial charge in [-0.05, 0) is 114 Å². The number of aliphatic imine (C=N–C) groups is 1. The molecule has 1 aromatic heterocycles. The fourth-order valence-corrected chi connectivity index (χ4v) is 12.8. The summed E-state index contributed by atoms with van der Waals surface area (Å²) in [6.45, 7) is 4.69. The number of benzene rings is 4. The molecule has 5 aliphatic heterocycles. The third kappa shape index (κ3) is 12.2. The van der Waals surface area contributed by atoms with E-state index in [-0.39, 0.29) is 72.7 Å². The van der Waals surface area contributed by atoms with Gasteiger partial charge in [0.25, 0.3) is 0 Å². The van der Waals surface area contributed by atoms with Crippen LogP contribution in [0.5, 0.6) is 0 Å². The minimum Gasteiger partial charge on any atom is -0.341 e. The van der Waals surface area contributed by atoms with Gasteiger partial charge in [-0.1, -0.05) is 111 Å². The van der Waals surface area contributed by atoms with Crippen molar-refractivity contribution in [1.29, 1.82) is 0 Å². The molecule has 5 N–H and O–H groups in total. The number of unbranched alkanes of at least 4 members (excludes halogenated alkanes) is 5. The van der Waals surface area contributed by atoms with E-state index in [9.17, 15) is 28.8 Å². The van der Waals surface area contributed by atoms with E-state index < -0.39 is 24.2 Å². The molecule has 4 aromatic carbocycles. The number of H-pyrrole nitrogens is 1. The number of para-hydroxylation sites is 1. The van der Waals surface area contributed by atoms with Crippen molar-refractivity contribution >= 4 is 57.9 Å². The number of hydrogen-bond acceptors (Lipinski definition) is 10. The Morgan fingerprint density at radius 2 is 1.09 bits per heavy atom. The summed E-state index contributed by atoms with van der Waals surface area (Å²) in [5, 5.41) is 12.0. The molecule has 4 saturated heterocycles. The van der Waals surface area contributed by atoms with Gasteiger partial charge in [0.2, 0.25) is 35.4 Å². The van der Waals surface area contributed by atoms with Gasteiger partial charge in [0.05, 0.1) is 40.9 Å². The first-order chi connectivity index (χ1) is 38.9. The Kier molecular flexibility index (Phi) is 17.8. The molecule has 17 heteroatoms. The van der Waals surface area contributed by atoms with Crippen molar-refractivity contribution in [2.75, 3.05) is 40.3 Å². The molecule has 0 saturated carbocycles. The molecule has 4 fully saturated rings. The minimum atomic E-state index is -0.918. The highest BCUT2D eigenvalue weighted by Crippen LogP contribution is 2.42. The SMILES string of the molecule is CN[C@@H](C)C(=O)N[C@H]1CN(C(=O)CCCCCCCCC(=O)N2CC[C@H]3CC[C@@H](c4nc5c(-c6ccccc6)cccc5[nH]4)N3C(=O)[C@@H](NC(=O)[C@H](C)NC)C2)CC[C@H]2CC[C@@H](C3=Nc4cccc(-c5ccccc5)c4C3)N2C1=O. The Morgan fingerprint density at radius 3 is 1.65 bits per heavy atom. The molecular formula is C63H79N11O6. The number of nitrogens with one attached hydrogen (secondary N) is 5. The molecule has 8 atom stereocenters. The van der Waals surface area contributed by atoms with Crippen molar-refractivity contribution in [3.8, 4) is 22.3 Å². The Labute approximate surface area is 470 Å². The fraction of sp³-hybridized carbons (Fsp3) is 0.492. The van der Waals surface area contributed by atoms with Crippen LogP contribution in [0.15, 0.2) is 102 Å². The van der Waals surface area contributed by atoms with Crippen LogP contribution in [0.2, 0.25) is 0 Å². The van der Waals surface area contributed by atoms with Gasteiger partial charge >= 0.3 is 0 Å². The Bertz CT molecular complexity index is 3070. The zero-order valence-electron chi connectivity index (χ0n) is 46.9. The number of imidazole rings is 1. The van der Waals surface area contributed by atoms with Gasteiger partial charge in [0.15, 0.2) is 0 Å². The van der Waals surface area contributed by atoms with Crippen LogP contribution in [0, 0.1) is 0 Å². The number of amides is 6. The zero-order chi connectivity index (χ0) is 55.9. The summed E-state index contributed by atoms with van der Waals surface area (Å²) in [6.07, 6.45) is 10.6. The van der Waals surface area contributed by atoms with Crippen molar-refractivity contribution in [3.05, 3.63) is 108 Å². The Hall–Kier alpha value is -7.24. The van der Waals surface area contributed by atoms with Crippen LogP contribution in [0.25, 0.3) is 33.3 Å². The van der Waals surface area contributed by atoms with Gasteiger partial charge in [0.1, 0.15) is 17.9 Å². The third-order valence-electron chi connectivity index (χ3n) is 17.6. The quantitative estimate of drug-likeness (QED) is 0.0523. The molecule has 0 bridgehead atoms. The zero-order valence-corrected chi connectivity index (χ0v) is 46.9. The Morgan fingerprint density at radius 1 is 0.588 bits per heavy atom. The molecule has 0 aliphatic carbocycles. The normalized spacial score (nSPS) is 22.8. The maximum absolute atomic E-state index is 14.8. The predicted molar refractivity (Wildman–Crippen MR) is 311 cm³/mol. The van der Waals surface area contributed by atoms with Gasteiger partial charge in [-0.15, -0.1) is 0 Å². The highest BCUT2D eigenvalue weighted by Gasteiger charge is 2.47. The highest BCUT2D eigenvalue weighted by molar-refractivity contribution is 6.03. The molecule has 80 heavy (non-hydrogen) atoms. The molecule has 10 rings (SSSR count). The molecule has 5 aliphatic rings. The van der Waals surface area contributed by atoms with E-state index in [1.807, 2.05) is 70.5 Å². The van der Waals surface area contributed by atoms with E-state index in [0.717, 1.165) is 95.5 Å². The molecule has 6 heterocycles. The van der Waals surface area contributed by atoms with Crippen molar-refractivity contribution in [2.24, 2.45) is 4.99 Å². The fourth-order valence-electron chi connectivity index (χ4n) is 12.8. The summed E-state index contributed by atoms with van der Waals surface area (Å²) in [4.78, 5) is 105. The van der Waals surface area contributed by atoms with E-state index in [4.69, 9.17) is 9.98 Å². The Balaban J connectivity index is 0.707. The number of carbonyl (C=O) groups excluding carboxylic acids is 6. The van der Waals surface area contributed by atoms with E-state index in [1.165, 1.54) is 5.56 Å². The second-order valence-corrected chi connectivity index (χ2v) is 22.6. The lowest BCUT2D eigenvalue weighted by molar-refractivity contribution is -0.144. The van der Waals surface area contributed by atoms with E-state index in [2.05, 4.69) is 62.6 Å². The summed E-state index contributed by atoms with van der Waals surface area (Å²) in [5.41, 5.74) is 9.19. The van der Waals surface area contributed by atoms with Gasteiger partial charge in [-0.3, -0.25) is 33.8 Å². The minimum absolute atomic E-state index is 0.0128. The number of rotatable bonds is 19. The largest absolute Gasteiger partial charge is 0.341 e. The summed E-state index contributed by atoms with van der Waals surface area (Å²) in [6, 6.07) is 29.2. The molecule has 0 unspecified atom stereocenters.